The molecule has 0 fully saturated rings. The van der Waals surface area contributed by atoms with Gasteiger partial charge in [0.2, 0.25) is 5.91 Å². The number of para-hydroxylation sites is 1. The van der Waals surface area contributed by atoms with Crippen molar-refractivity contribution in [2.24, 2.45) is 0 Å². The SMILES string of the molecule is Cc1ccc2c(c1)N(CC(=O)Nc1c(C)cccc1C(C)C)C(=O)CO2. The molecule has 1 aliphatic heterocycles. The van der Waals surface area contributed by atoms with Crippen LogP contribution in [0.15, 0.2) is 36.4 Å². The van der Waals surface area contributed by atoms with E-state index < -0.39 is 0 Å². The number of anilines is 2. The Hall–Kier alpha value is -2.82. The zero-order valence-electron chi connectivity index (χ0n) is 15.6. The smallest absolute Gasteiger partial charge is 0.265 e. The fraction of sp³-hybridized carbons (Fsp3) is 0.333. The van der Waals surface area contributed by atoms with Gasteiger partial charge in [0.05, 0.1) is 5.69 Å². The molecule has 1 heterocycles. The van der Waals surface area contributed by atoms with Gasteiger partial charge in [-0.2, -0.15) is 0 Å². The third kappa shape index (κ3) is 3.57. The first-order valence-corrected chi connectivity index (χ1v) is 8.80. The number of hydrogen-bond donors (Lipinski definition) is 1. The second-order valence-electron chi connectivity index (χ2n) is 6.98. The summed E-state index contributed by atoms with van der Waals surface area (Å²) in [5.41, 5.74) is 4.58. The quantitative estimate of drug-likeness (QED) is 0.911. The molecule has 5 nitrogen and oxygen atoms in total. The lowest BCUT2D eigenvalue weighted by Crippen LogP contribution is -2.43. The highest BCUT2D eigenvalue weighted by Gasteiger charge is 2.27. The average molecular weight is 352 g/mol. The molecular weight excluding hydrogens is 328 g/mol. The summed E-state index contributed by atoms with van der Waals surface area (Å²) in [5, 5.41) is 3.00. The van der Waals surface area contributed by atoms with Crippen molar-refractivity contribution >= 4 is 23.2 Å². The Morgan fingerprint density at radius 1 is 1.23 bits per heavy atom. The van der Waals surface area contributed by atoms with Gasteiger partial charge in [-0.25, -0.2) is 0 Å². The van der Waals surface area contributed by atoms with Gasteiger partial charge in [-0.05, 0) is 48.6 Å². The van der Waals surface area contributed by atoms with Gasteiger partial charge in [-0.3, -0.25) is 14.5 Å². The predicted octanol–water partition coefficient (Wildman–Crippen LogP) is 3.79. The van der Waals surface area contributed by atoms with E-state index in [1.165, 1.54) is 4.90 Å². The Morgan fingerprint density at radius 3 is 2.73 bits per heavy atom. The van der Waals surface area contributed by atoms with Crippen molar-refractivity contribution in [3.05, 3.63) is 53.1 Å². The summed E-state index contributed by atoms with van der Waals surface area (Å²) in [6, 6.07) is 11.6. The van der Waals surface area contributed by atoms with Gasteiger partial charge in [0.25, 0.3) is 5.91 Å². The molecule has 0 aliphatic carbocycles. The van der Waals surface area contributed by atoms with Gasteiger partial charge in [0.1, 0.15) is 12.3 Å². The third-order valence-electron chi connectivity index (χ3n) is 4.55. The van der Waals surface area contributed by atoms with Crippen LogP contribution in [0.1, 0.15) is 36.5 Å². The van der Waals surface area contributed by atoms with Gasteiger partial charge in [-0.1, -0.05) is 38.1 Å². The molecule has 136 valence electrons. The van der Waals surface area contributed by atoms with Crippen LogP contribution < -0.4 is 15.0 Å². The van der Waals surface area contributed by atoms with Crippen LogP contribution in [0.25, 0.3) is 0 Å². The fourth-order valence-corrected chi connectivity index (χ4v) is 3.15. The minimum atomic E-state index is -0.219. The molecule has 1 aliphatic rings. The van der Waals surface area contributed by atoms with Crippen molar-refractivity contribution in [3.8, 4) is 5.75 Å². The number of carbonyl (C=O) groups excluding carboxylic acids is 2. The first-order chi connectivity index (χ1) is 12.4. The lowest BCUT2D eigenvalue weighted by atomic mass is 9.98. The number of aryl methyl sites for hydroxylation is 2. The van der Waals surface area contributed by atoms with Crippen molar-refractivity contribution in [1.82, 2.24) is 0 Å². The van der Waals surface area contributed by atoms with Crippen LogP contribution in [0.5, 0.6) is 5.75 Å². The maximum Gasteiger partial charge on any atom is 0.265 e. The molecular formula is C21H24N2O3. The average Bonchev–Trinajstić information content (AvgIpc) is 2.59. The van der Waals surface area contributed by atoms with Crippen LogP contribution in [-0.4, -0.2) is 25.0 Å². The molecule has 0 bridgehead atoms. The number of fused-ring (bicyclic) bond motifs is 1. The van der Waals surface area contributed by atoms with Gasteiger partial charge in [0.15, 0.2) is 6.61 Å². The van der Waals surface area contributed by atoms with Crippen LogP contribution in [0.4, 0.5) is 11.4 Å². The topological polar surface area (TPSA) is 58.6 Å². The normalized spacial score (nSPS) is 13.4. The van der Waals surface area contributed by atoms with E-state index in [1.54, 1.807) is 0 Å². The molecule has 26 heavy (non-hydrogen) atoms. The Kier molecular flexibility index (Phi) is 4.98. The van der Waals surface area contributed by atoms with E-state index in [1.807, 2.05) is 50.2 Å². The number of nitrogens with one attached hydrogen (secondary N) is 1. The summed E-state index contributed by atoms with van der Waals surface area (Å²) in [6.07, 6.45) is 0. The number of ether oxygens (including phenoxy) is 1. The summed E-state index contributed by atoms with van der Waals surface area (Å²) >= 11 is 0. The maximum absolute atomic E-state index is 12.7. The fourth-order valence-electron chi connectivity index (χ4n) is 3.15. The van der Waals surface area contributed by atoms with Crippen molar-refractivity contribution in [1.29, 1.82) is 0 Å². The largest absolute Gasteiger partial charge is 0.482 e. The molecule has 0 radical (unpaired) electrons. The number of nitrogens with zero attached hydrogens (tertiary/aromatic N) is 1. The highest BCUT2D eigenvalue weighted by atomic mass is 16.5. The van der Waals surface area contributed by atoms with E-state index in [9.17, 15) is 9.59 Å². The molecule has 0 atom stereocenters. The Bertz CT molecular complexity index is 858. The maximum atomic E-state index is 12.7. The lowest BCUT2D eigenvalue weighted by Gasteiger charge is -2.29. The second-order valence-corrected chi connectivity index (χ2v) is 6.98. The summed E-state index contributed by atoms with van der Waals surface area (Å²) in [4.78, 5) is 26.5. The summed E-state index contributed by atoms with van der Waals surface area (Å²) in [7, 11) is 0. The molecule has 0 saturated heterocycles. The van der Waals surface area contributed by atoms with E-state index in [-0.39, 0.29) is 25.0 Å². The molecule has 0 saturated carbocycles. The second kappa shape index (κ2) is 7.20. The zero-order valence-corrected chi connectivity index (χ0v) is 15.6. The van der Waals surface area contributed by atoms with Crippen LogP contribution in [0, 0.1) is 13.8 Å². The first kappa shape index (κ1) is 18.0. The highest BCUT2D eigenvalue weighted by molar-refractivity contribution is 6.05. The number of amides is 2. The molecule has 2 aromatic rings. The summed E-state index contributed by atoms with van der Waals surface area (Å²) < 4.78 is 5.47. The molecule has 1 N–H and O–H groups in total. The van der Waals surface area contributed by atoms with Crippen molar-refractivity contribution in [2.45, 2.75) is 33.6 Å². The summed E-state index contributed by atoms with van der Waals surface area (Å²) in [5.74, 6) is 0.483. The van der Waals surface area contributed by atoms with Crippen LogP contribution in [-0.2, 0) is 9.59 Å². The van der Waals surface area contributed by atoms with Gasteiger partial charge in [-0.15, -0.1) is 0 Å². The standard InChI is InChI=1S/C21H24N2O3/c1-13(2)16-7-5-6-15(4)21(16)22-19(24)11-23-17-10-14(3)8-9-18(17)26-12-20(23)25/h5-10,13H,11-12H2,1-4H3,(H,22,24). The van der Waals surface area contributed by atoms with E-state index in [2.05, 4.69) is 19.2 Å². The lowest BCUT2D eigenvalue weighted by molar-refractivity contribution is -0.123. The van der Waals surface area contributed by atoms with E-state index in [0.717, 1.165) is 22.4 Å². The first-order valence-electron chi connectivity index (χ1n) is 8.80. The molecule has 2 aromatic carbocycles. The molecule has 3 rings (SSSR count). The zero-order chi connectivity index (χ0) is 18.8. The van der Waals surface area contributed by atoms with Crippen molar-refractivity contribution in [3.63, 3.8) is 0 Å². The Labute approximate surface area is 154 Å². The molecule has 2 amide bonds. The van der Waals surface area contributed by atoms with Crippen molar-refractivity contribution in [2.75, 3.05) is 23.4 Å². The summed E-state index contributed by atoms with van der Waals surface area (Å²) in [6.45, 7) is 8.01. The molecule has 0 spiro atoms. The molecule has 0 aromatic heterocycles. The van der Waals surface area contributed by atoms with Crippen molar-refractivity contribution < 1.29 is 14.3 Å². The number of hydrogen-bond acceptors (Lipinski definition) is 3. The minimum absolute atomic E-state index is 0.0372. The van der Waals surface area contributed by atoms with E-state index >= 15 is 0 Å². The molecule has 0 unspecified atom stereocenters. The Morgan fingerprint density at radius 2 is 2.00 bits per heavy atom. The van der Waals surface area contributed by atoms with Crippen LogP contribution >= 0.6 is 0 Å². The minimum Gasteiger partial charge on any atom is -0.482 e. The number of rotatable bonds is 4. The number of benzene rings is 2. The predicted molar refractivity (Wildman–Crippen MR) is 103 cm³/mol. The highest BCUT2D eigenvalue weighted by Crippen LogP contribution is 2.33. The Balaban J connectivity index is 1.84. The van der Waals surface area contributed by atoms with Gasteiger partial charge in [0, 0.05) is 5.69 Å². The number of carbonyl (C=O) groups is 2. The van der Waals surface area contributed by atoms with Gasteiger partial charge < -0.3 is 10.1 Å². The van der Waals surface area contributed by atoms with E-state index in [0.29, 0.717) is 17.4 Å². The van der Waals surface area contributed by atoms with Crippen LogP contribution in [0.2, 0.25) is 0 Å². The monoisotopic (exact) mass is 352 g/mol. The third-order valence-corrected chi connectivity index (χ3v) is 4.55. The van der Waals surface area contributed by atoms with Gasteiger partial charge >= 0.3 is 0 Å². The molecule has 5 heteroatoms. The van der Waals surface area contributed by atoms with Crippen LogP contribution in [0.3, 0.4) is 0 Å². The van der Waals surface area contributed by atoms with E-state index in [4.69, 9.17) is 4.74 Å².